The van der Waals surface area contributed by atoms with Crippen molar-refractivity contribution in [3.05, 3.63) is 30.3 Å². The molecule has 0 spiro atoms. The lowest BCUT2D eigenvalue weighted by Gasteiger charge is -2.08. The van der Waals surface area contributed by atoms with Crippen LogP contribution in [0.5, 0.6) is 5.75 Å². The van der Waals surface area contributed by atoms with Crippen molar-refractivity contribution in [1.29, 1.82) is 0 Å². The maximum atomic E-state index is 11.5. The number of rotatable bonds is 6. The van der Waals surface area contributed by atoms with Crippen LogP contribution in [0.15, 0.2) is 45.5 Å². The van der Waals surface area contributed by atoms with Crippen LogP contribution < -0.4 is 0 Å². The third-order valence-corrected chi connectivity index (χ3v) is 4.14. The van der Waals surface area contributed by atoms with Gasteiger partial charge in [-0.2, -0.15) is 18.6 Å². The fourth-order valence-corrected chi connectivity index (χ4v) is 2.80. The van der Waals surface area contributed by atoms with Gasteiger partial charge in [0.2, 0.25) is 0 Å². The minimum absolute atomic E-state index is 0.224. The Labute approximate surface area is 129 Å². The molecule has 0 unspecified atom stereocenters. The van der Waals surface area contributed by atoms with Crippen LogP contribution in [0, 0.1) is 0 Å². The number of unbranched alkanes of at least 4 members (excludes halogenated alkanes) is 2. The molecule has 0 aliphatic carbocycles. The highest BCUT2D eigenvalue weighted by Crippen LogP contribution is 2.40. The maximum Gasteiger partial charge on any atom is 0.296 e. The van der Waals surface area contributed by atoms with E-state index in [1.807, 2.05) is 0 Å². The van der Waals surface area contributed by atoms with Crippen LogP contribution in [0.25, 0.3) is 10.8 Å². The van der Waals surface area contributed by atoms with Gasteiger partial charge in [-0.25, -0.2) is 0 Å². The minimum Gasteiger partial charge on any atom is -0.505 e. The Balaban J connectivity index is 2.52. The van der Waals surface area contributed by atoms with E-state index >= 15 is 0 Å². The smallest absolute Gasteiger partial charge is 0.296 e. The number of hydrogen-bond donors (Lipinski definition) is 2. The summed E-state index contributed by atoms with van der Waals surface area (Å²) in [6, 6.07) is 8.00. The molecular formula is C15H18N2O4S. The predicted molar refractivity (Wildman–Crippen MR) is 84.3 cm³/mol. The quantitative estimate of drug-likeness (QED) is 0.476. The van der Waals surface area contributed by atoms with Crippen LogP contribution in [0.4, 0.5) is 5.69 Å². The van der Waals surface area contributed by atoms with E-state index in [0.717, 1.165) is 19.3 Å². The molecule has 2 aromatic rings. The van der Waals surface area contributed by atoms with Gasteiger partial charge < -0.3 is 5.11 Å². The number of aromatic hydroxyl groups is 1. The van der Waals surface area contributed by atoms with E-state index in [4.69, 9.17) is 0 Å². The molecule has 7 heteroatoms. The molecule has 0 saturated carbocycles. The van der Waals surface area contributed by atoms with Crippen molar-refractivity contribution in [3.8, 4) is 5.75 Å². The topological polar surface area (TPSA) is 99.3 Å². The van der Waals surface area contributed by atoms with E-state index in [1.54, 1.807) is 24.3 Å². The van der Waals surface area contributed by atoms with Crippen LogP contribution in [-0.4, -0.2) is 24.6 Å². The summed E-state index contributed by atoms with van der Waals surface area (Å²) >= 11 is 0. The first-order valence-electron chi connectivity index (χ1n) is 7.05. The second-order valence-corrected chi connectivity index (χ2v) is 6.33. The second kappa shape index (κ2) is 6.85. The number of nitrogens with zero attached hydrogens (tertiary/aromatic N) is 2. The number of fused-ring (bicyclic) bond motifs is 1. The molecule has 6 nitrogen and oxygen atoms in total. The molecule has 0 amide bonds. The van der Waals surface area contributed by atoms with E-state index in [2.05, 4.69) is 17.2 Å². The molecule has 0 atom stereocenters. The predicted octanol–water partition coefficient (Wildman–Crippen LogP) is 4.07. The Bertz CT molecular complexity index is 801. The third kappa shape index (κ3) is 3.61. The van der Waals surface area contributed by atoms with Crippen molar-refractivity contribution < 1.29 is 18.1 Å². The molecule has 0 bridgehead atoms. The van der Waals surface area contributed by atoms with Crippen LogP contribution in [0.2, 0.25) is 0 Å². The van der Waals surface area contributed by atoms with E-state index in [-0.39, 0.29) is 11.4 Å². The minimum atomic E-state index is -4.51. The summed E-state index contributed by atoms with van der Waals surface area (Å²) in [4.78, 5) is -0.442. The molecule has 2 N–H and O–H groups in total. The van der Waals surface area contributed by atoms with Gasteiger partial charge in [0, 0.05) is 5.39 Å². The number of benzene rings is 2. The number of hydrogen-bond acceptors (Lipinski definition) is 5. The molecule has 0 aliphatic rings. The fraction of sp³-hybridized carbons (Fsp3) is 0.333. The fourth-order valence-electron chi connectivity index (χ4n) is 2.14. The average Bonchev–Trinajstić information content (AvgIpc) is 2.48. The SMILES string of the molecule is CCCCC/N=N/c1c(S(=O)(=O)O)cc2ccccc2c1O. The van der Waals surface area contributed by atoms with Gasteiger partial charge in [0.05, 0.1) is 6.54 Å². The van der Waals surface area contributed by atoms with Crippen molar-refractivity contribution >= 4 is 26.6 Å². The van der Waals surface area contributed by atoms with Gasteiger partial charge in [-0.3, -0.25) is 4.55 Å². The van der Waals surface area contributed by atoms with Crippen molar-refractivity contribution in [2.45, 2.75) is 31.1 Å². The monoisotopic (exact) mass is 322 g/mol. The van der Waals surface area contributed by atoms with Gasteiger partial charge in [-0.1, -0.05) is 44.0 Å². The summed E-state index contributed by atoms with van der Waals surface area (Å²) in [5.74, 6) is -0.301. The molecule has 0 saturated heterocycles. The molecule has 0 aliphatic heterocycles. The average molecular weight is 322 g/mol. The number of phenolic OH excluding ortho intramolecular Hbond substituents is 1. The van der Waals surface area contributed by atoms with Crippen LogP contribution in [-0.2, 0) is 10.1 Å². The van der Waals surface area contributed by atoms with Crippen molar-refractivity contribution in [3.63, 3.8) is 0 Å². The Kier molecular flexibility index (Phi) is 5.10. The first kappa shape index (κ1) is 16.4. The van der Waals surface area contributed by atoms with Gasteiger partial charge in [-0.05, 0) is 17.9 Å². The van der Waals surface area contributed by atoms with Gasteiger partial charge >= 0.3 is 0 Å². The molecule has 0 aromatic heterocycles. The summed E-state index contributed by atoms with van der Waals surface area (Å²) in [7, 11) is -4.51. The van der Waals surface area contributed by atoms with E-state index in [0.29, 0.717) is 17.3 Å². The highest BCUT2D eigenvalue weighted by Gasteiger charge is 2.21. The van der Waals surface area contributed by atoms with Crippen LogP contribution in [0.3, 0.4) is 0 Å². The maximum absolute atomic E-state index is 11.5. The van der Waals surface area contributed by atoms with Gasteiger partial charge in [0.25, 0.3) is 10.1 Å². The normalized spacial score (nSPS) is 12.3. The largest absolute Gasteiger partial charge is 0.505 e. The summed E-state index contributed by atoms with van der Waals surface area (Å²) < 4.78 is 32.4. The van der Waals surface area contributed by atoms with Crippen molar-refractivity contribution in [1.82, 2.24) is 0 Å². The zero-order valence-corrected chi connectivity index (χ0v) is 13.0. The summed E-state index contributed by atoms with van der Waals surface area (Å²) in [6.07, 6.45) is 2.86. The van der Waals surface area contributed by atoms with E-state index < -0.39 is 15.0 Å². The summed E-state index contributed by atoms with van der Waals surface area (Å²) in [5, 5.41) is 19.0. The number of azo groups is 1. The molecule has 0 fully saturated rings. The van der Waals surface area contributed by atoms with Gasteiger partial charge in [0.15, 0.2) is 5.75 Å². The first-order valence-corrected chi connectivity index (χ1v) is 8.49. The molecule has 2 aromatic carbocycles. The van der Waals surface area contributed by atoms with Crippen LogP contribution >= 0.6 is 0 Å². The molecule has 2 rings (SSSR count). The standard InChI is InChI=1S/C15H18N2O4S/c1-2-3-6-9-16-17-14-13(22(19,20)21)10-11-7-4-5-8-12(11)15(14)18/h4-5,7-8,10,18H,2-3,6,9H2,1H3,(H,19,20,21)/b17-16+. The van der Waals surface area contributed by atoms with Gasteiger partial charge in [0.1, 0.15) is 10.6 Å². The molecule has 118 valence electrons. The van der Waals surface area contributed by atoms with E-state index in [1.165, 1.54) is 6.07 Å². The Hall–Kier alpha value is -1.99. The lowest BCUT2D eigenvalue weighted by atomic mass is 10.1. The van der Waals surface area contributed by atoms with Crippen molar-refractivity contribution in [2.75, 3.05) is 6.54 Å². The lowest BCUT2D eigenvalue weighted by Crippen LogP contribution is -1.99. The lowest BCUT2D eigenvalue weighted by molar-refractivity contribution is 0.471. The van der Waals surface area contributed by atoms with E-state index in [9.17, 15) is 18.1 Å². The highest BCUT2D eigenvalue weighted by atomic mass is 32.2. The second-order valence-electron chi connectivity index (χ2n) is 4.94. The highest BCUT2D eigenvalue weighted by molar-refractivity contribution is 7.86. The molecular weight excluding hydrogens is 304 g/mol. The third-order valence-electron chi connectivity index (χ3n) is 3.27. The Morgan fingerprint density at radius 2 is 1.91 bits per heavy atom. The zero-order valence-electron chi connectivity index (χ0n) is 12.2. The Morgan fingerprint density at radius 3 is 2.59 bits per heavy atom. The molecule has 22 heavy (non-hydrogen) atoms. The van der Waals surface area contributed by atoms with Crippen LogP contribution in [0.1, 0.15) is 26.2 Å². The summed E-state index contributed by atoms with van der Waals surface area (Å²) in [6.45, 7) is 2.49. The molecule has 0 radical (unpaired) electrons. The van der Waals surface area contributed by atoms with Crippen molar-refractivity contribution in [2.24, 2.45) is 10.2 Å². The molecule has 0 heterocycles. The zero-order chi connectivity index (χ0) is 16.2. The first-order chi connectivity index (χ1) is 10.4. The summed E-state index contributed by atoms with van der Waals surface area (Å²) in [5.41, 5.74) is -0.224. The number of phenols is 1. The van der Waals surface area contributed by atoms with Gasteiger partial charge in [-0.15, -0.1) is 0 Å². The Morgan fingerprint density at radius 1 is 1.18 bits per heavy atom.